The fourth-order valence-corrected chi connectivity index (χ4v) is 5.75. The molecule has 0 saturated heterocycles. The first-order chi connectivity index (χ1) is 18.2. The second kappa shape index (κ2) is 32.2. The van der Waals surface area contributed by atoms with E-state index < -0.39 is 0 Å². The van der Waals surface area contributed by atoms with Gasteiger partial charge >= 0.3 is 0 Å². The molecule has 0 aromatic carbocycles. The monoisotopic (exact) mass is 522 g/mol. The van der Waals surface area contributed by atoms with Crippen molar-refractivity contribution in [2.75, 3.05) is 19.6 Å². The molecule has 0 aliphatic rings. The van der Waals surface area contributed by atoms with Crippen LogP contribution in [0.5, 0.6) is 0 Å². The Kier molecular flexibility index (Phi) is 32.1. The van der Waals surface area contributed by atoms with Gasteiger partial charge in [0.1, 0.15) is 0 Å². The van der Waals surface area contributed by atoms with Crippen molar-refractivity contribution in [3.05, 3.63) is 0 Å². The molecular weight excluding hydrogens is 446 g/mol. The molecule has 0 heterocycles. The van der Waals surface area contributed by atoms with Crippen LogP contribution >= 0.6 is 0 Å². The Morgan fingerprint density at radius 3 is 0.838 bits per heavy atom. The lowest BCUT2D eigenvalue weighted by molar-refractivity contribution is 0.254. The van der Waals surface area contributed by atoms with Gasteiger partial charge in [-0.05, 0) is 44.8 Å². The Bertz CT molecular complexity index is 364. The minimum atomic E-state index is 0.882. The van der Waals surface area contributed by atoms with Gasteiger partial charge in [0.2, 0.25) is 0 Å². The quantitative estimate of drug-likeness (QED) is 0.0795. The standard InChI is InChI=1S/C36H75N/c1-5-7-9-11-13-15-17-19-21-25-29-33-37(35-31-27-23-24-28-32-36(3)4)34-30-26-22-20-18-16-14-12-10-8-6-2/h36H,5-35H2,1-4H3. The number of nitrogens with zero attached hydrogens (tertiary/aromatic N) is 1. The molecule has 0 aliphatic heterocycles. The maximum Gasteiger partial charge on any atom is -0.00187 e. The molecule has 0 spiro atoms. The predicted octanol–water partition coefficient (Wildman–Crippen LogP) is 12.9. The molecule has 0 aromatic rings. The molecule has 0 atom stereocenters. The van der Waals surface area contributed by atoms with Gasteiger partial charge in [0.05, 0.1) is 0 Å². The molecule has 224 valence electrons. The third-order valence-corrected chi connectivity index (χ3v) is 8.41. The second-order valence-electron chi connectivity index (χ2n) is 12.9. The highest BCUT2D eigenvalue weighted by Gasteiger charge is 2.05. The molecule has 0 amide bonds. The zero-order valence-corrected chi connectivity index (χ0v) is 26.9. The fourth-order valence-electron chi connectivity index (χ4n) is 5.75. The van der Waals surface area contributed by atoms with Crippen molar-refractivity contribution in [2.24, 2.45) is 5.92 Å². The lowest BCUT2D eigenvalue weighted by Gasteiger charge is -2.22. The summed E-state index contributed by atoms with van der Waals surface area (Å²) in [6.07, 6.45) is 40.7. The first-order valence-electron chi connectivity index (χ1n) is 17.9. The SMILES string of the molecule is CCCCCCCCCCCCCN(CCCCCCCCCCCCC)CCCCCCCC(C)C. The molecule has 0 bridgehead atoms. The van der Waals surface area contributed by atoms with Gasteiger partial charge in [0.25, 0.3) is 0 Å². The number of hydrogen-bond acceptors (Lipinski definition) is 1. The van der Waals surface area contributed by atoms with Gasteiger partial charge in [-0.3, -0.25) is 0 Å². The molecular formula is C36H75N. The molecule has 0 aliphatic carbocycles. The Hall–Kier alpha value is -0.0400. The highest BCUT2D eigenvalue weighted by molar-refractivity contribution is 4.61. The zero-order chi connectivity index (χ0) is 27.1. The van der Waals surface area contributed by atoms with Gasteiger partial charge in [-0.2, -0.15) is 0 Å². The average Bonchev–Trinajstić information content (AvgIpc) is 2.89. The molecule has 0 radical (unpaired) electrons. The van der Waals surface area contributed by atoms with Crippen LogP contribution in [0.3, 0.4) is 0 Å². The Labute approximate surface area is 237 Å². The van der Waals surface area contributed by atoms with Crippen molar-refractivity contribution in [3.8, 4) is 0 Å². The van der Waals surface area contributed by atoms with E-state index in [2.05, 4.69) is 32.6 Å². The zero-order valence-electron chi connectivity index (χ0n) is 26.9. The summed E-state index contributed by atoms with van der Waals surface area (Å²) >= 11 is 0. The summed E-state index contributed by atoms with van der Waals surface area (Å²) in [7, 11) is 0. The smallest absolute Gasteiger partial charge is 0.00187 e. The van der Waals surface area contributed by atoms with E-state index in [-0.39, 0.29) is 0 Å². The van der Waals surface area contributed by atoms with Crippen molar-refractivity contribution in [1.29, 1.82) is 0 Å². The largest absolute Gasteiger partial charge is 0.303 e. The van der Waals surface area contributed by atoms with Crippen LogP contribution < -0.4 is 0 Å². The Morgan fingerprint density at radius 1 is 0.324 bits per heavy atom. The van der Waals surface area contributed by atoms with Gasteiger partial charge in [-0.15, -0.1) is 0 Å². The molecule has 0 N–H and O–H groups in total. The summed E-state index contributed by atoms with van der Waals surface area (Å²) in [6, 6.07) is 0. The van der Waals surface area contributed by atoms with E-state index in [1.54, 1.807) is 0 Å². The number of unbranched alkanes of at least 4 members (excludes halogenated alkanes) is 24. The van der Waals surface area contributed by atoms with Gasteiger partial charge in [-0.25, -0.2) is 0 Å². The summed E-state index contributed by atoms with van der Waals surface area (Å²) in [5.41, 5.74) is 0. The maximum atomic E-state index is 2.84. The van der Waals surface area contributed by atoms with Crippen LogP contribution in [-0.2, 0) is 0 Å². The van der Waals surface area contributed by atoms with E-state index >= 15 is 0 Å². The number of rotatable bonds is 32. The summed E-state index contributed by atoms with van der Waals surface area (Å²) in [5.74, 6) is 0.882. The van der Waals surface area contributed by atoms with Gasteiger partial charge in [0, 0.05) is 0 Å². The highest BCUT2D eigenvalue weighted by Crippen LogP contribution is 2.15. The Morgan fingerprint density at radius 2 is 0.568 bits per heavy atom. The minimum absolute atomic E-state index is 0.882. The van der Waals surface area contributed by atoms with Crippen LogP contribution in [0.2, 0.25) is 0 Å². The van der Waals surface area contributed by atoms with E-state index in [0.717, 1.165) is 5.92 Å². The molecule has 37 heavy (non-hydrogen) atoms. The van der Waals surface area contributed by atoms with E-state index in [1.165, 1.54) is 199 Å². The van der Waals surface area contributed by atoms with Crippen LogP contribution in [-0.4, -0.2) is 24.5 Å². The molecule has 0 saturated carbocycles. The second-order valence-corrected chi connectivity index (χ2v) is 12.9. The van der Waals surface area contributed by atoms with Gasteiger partial charge < -0.3 is 4.90 Å². The summed E-state index contributed by atoms with van der Waals surface area (Å²) in [5, 5.41) is 0. The average molecular weight is 522 g/mol. The third kappa shape index (κ3) is 32.1. The summed E-state index contributed by atoms with van der Waals surface area (Å²) < 4.78 is 0. The van der Waals surface area contributed by atoms with Crippen molar-refractivity contribution in [3.63, 3.8) is 0 Å². The van der Waals surface area contributed by atoms with E-state index in [1.807, 2.05) is 0 Å². The van der Waals surface area contributed by atoms with E-state index in [4.69, 9.17) is 0 Å². The topological polar surface area (TPSA) is 3.24 Å². The third-order valence-electron chi connectivity index (χ3n) is 8.41. The van der Waals surface area contributed by atoms with Crippen molar-refractivity contribution >= 4 is 0 Å². The lowest BCUT2D eigenvalue weighted by atomic mass is 10.0. The van der Waals surface area contributed by atoms with Crippen LogP contribution in [0, 0.1) is 5.92 Å². The molecule has 1 heteroatoms. The lowest BCUT2D eigenvalue weighted by Crippen LogP contribution is -2.27. The molecule has 1 nitrogen and oxygen atoms in total. The first kappa shape index (κ1) is 37.0. The van der Waals surface area contributed by atoms with Crippen molar-refractivity contribution < 1.29 is 0 Å². The summed E-state index contributed by atoms with van der Waals surface area (Å²) in [6.45, 7) is 13.4. The maximum absolute atomic E-state index is 2.84. The number of hydrogen-bond donors (Lipinski definition) is 0. The highest BCUT2D eigenvalue weighted by atomic mass is 15.1. The molecule has 0 fully saturated rings. The van der Waals surface area contributed by atoms with E-state index in [0.29, 0.717) is 0 Å². The van der Waals surface area contributed by atoms with Gasteiger partial charge in [0.15, 0.2) is 0 Å². The van der Waals surface area contributed by atoms with Crippen molar-refractivity contribution in [2.45, 2.75) is 207 Å². The van der Waals surface area contributed by atoms with Crippen molar-refractivity contribution in [1.82, 2.24) is 4.90 Å². The van der Waals surface area contributed by atoms with Gasteiger partial charge in [-0.1, -0.05) is 188 Å². The summed E-state index contributed by atoms with van der Waals surface area (Å²) in [4.78, 5) is 2.84. The fraction of sp³-hybridized carbons (Fsp3) is 1.00. The van der Waals surface area contributed by atoms with Crippen LogP contribution in [0.4, 0.5) is 0 Å². The van der Waals surface area contributed by atoms with Crippen LogP contribution in [0.25, 0.3) is 0 Å². The molecule has 0 aromatic heterocycles. The predicted molar refractivity (Wildman–Crippen MR) is 172 cm³/mol. The van der Waals surface area contributed by atoms with Crippen LogP contribution in [0.15, 0.2) is 0 Å². The normalized spacial score (nSPS) is 11.8. The minimum Gasteiger partial charge on any atom is -0.303 e. The van der Waals surface area contributed by atoms with E-state index in [9.17, 15) is 0 Å². The molecule has 0 unspecified atom stereocenters. The molecule has 0 rings (SSSR count). The Balaban J connectivity index is 3.86. The first-order valence-corrected chi connectivity index (χ1v) is 17.9. The van der Waals surface area contributed by atoms with Crippen LogP contribution in [0.1, 0.15) is 207 Å².